The molecular weight excluding hydrogens is 869 g/mol. The van der Waals surface area contributed by atoms with Gasteiger partial charge in [0.05, 0.1) is 22.1 Å². The summed E-state index contributed by atoms with van der Waals surface area (Å²) in [5.74, 6) is 0. The van der Waals surface area contributed by atoms with Crippen molar-refractivity contribution in [2.24, 2.45) is 0 Å². The molecule has 344 valence electrons. The zero-order valence-electron chi connectivity index (χ0n) is 41.7. The van der Waals surface area contributed by atoms with Crippen LogP contribution in [-0.4, -0.2) is 9.13 Å². The molecule has 2 nitrogen and oxygen atoms in total. The van der Waals surface area contributed by atoms with E-state index in [1.165, 1.54) is 144 Å². The van der Waals surface area contributed by atoms with Gasteiger partial charge < -0.3 is 9.13 Å². The number of rotatable bonds is 6. The number of hydrogen-bond donors (Lipinski definition) is 0. The zero-order valence-corrected chi connectivity index (χ0v) is 41.7. The summed E-state index contributed by atoms with van der Waals surface area (Å²) in [6.07, 6.45) is 4.47. The topological polar surface area (TPSA) is 9.86 Å². The van der Waals surface area contributed by atoms with E-state index in [0.717, 1.165) is 0 Å². The number of hydrogen-bond acceptors (Lipinski definition) is 0. The molecule has 0 saturated carbocycles. The molecule has 0 amide bonds. The fourth-order valence-electron chi connectivity index (χ4n) is 12.8. The second-order valence-electron chi connectivity index (χ2n) is 21.6. The normalized spacial score (nSPS) is 14.1. The van der Waals surface area contributed by atoms with Crippen molar-refractivity contribution in [3.63, 3.8) is 0 Å². The highest BCUT2D eigenvalue weighted by atomic mass is 15.0. The van der Waals surface area contributed by atoms with E-state index in [1.54, 1.807) is 0 Å². The molecule has 2 heteroatoms. The summed E-state index contributed by atoms with van der Waals surface area (Å²) in [6, 6.07) is 77.4. The Bertz CT molecular complexity index is 4240. The van der Waals surface area contributed by atoms with Crippen molar-refractivity contribution in [3.8, 4) is 55.9 Å². The van der Waals surface area contributed by atoms with Crippen LogP contribution in [0.5, 0.6) is 0 Å². The van der Waals surface area contributed by atoms with Gasteiger partial charge in [0, 0.05) is 43.7 Å². The number of fused-ring (bicyclic) bond motifs is 12. The third kappa shape index (κ3) is 6.35. The van der Waals surface area contributed by atoms with Crippen LogP contribution >= 0.6 is 0 Å². The monoisotopic (exact) mass is 922 g/mol. The van der Waals surface area contributed by atoms with E-state index in [1.807, 2.05) is 0 Å². The predicted molar refractivity (Wildman–Crippen MR) is 306 cm³/mol. The van der Waals surface area contributed by atoms with Crippen molar-refractivity contribution in [3.05, 3.63) is 251 Å². The summed E-state index contributed by atoms with van der Waals surface area (Å²) in [7, 11) is 0. The summed E-state index contributed by atoms with van der Waals surface area (Å²) in [6.45, 7) is 14.0. The van der Waals surface area contributed by atoms with Crippen LogP contribution in [0.1, 0.15) is 72.2 Å². The average molecular weight is 923 g/mol. The molecule has 0 radical (unpaired) electrons. The first-order valence-corrected chi connectivity index (χ1v) is 25.5. The molecule has 2 aliphatic rings. The SMILES string of the molecule is Cc1cc(C)cc(-n2c3ccccc3c3cc(-c4ccc5c(c4)C(C)(C)c4cc6c(cc4-5)C(C)(C)c4cc(-c5ccc(C=Cc7ccc8c(c7)c7ccccc7n8-c7ccccc7)cc5)ccc4-6)ccc32)c1. The molecule has 0 spiro atoms. The Kier molecular flexibility index (Phi) is 9.14. The fourth-order valence-corrected chi connectivity index (χ4v) is 12.8. The highest BCUT2D eigenvalue weighted by Crippen LogP contribution is 2.57. The number of para-hydroxylation sites is 3. The molecular formula is C70H54N2. The minimum absolute atomic E-state index is 0.147. The highest BCUT2D eigenvalue weighted by Gasteiger charge is 2.42. The largest absolute Gasteiger partial charge is 0.309 e. The maximum atomic E-state index is 2.53. The lowest BCUT2D eigenvalue weighted by atomic mass is 9.79. The van der Waals surface area contributed by atoms with Gasteiger partial charge in [-0.3, -0.25) is 0 Å². The lowest BCUT2D eigenvalue weighted by molar-refractivity contribution is 0.652. The maximum Gasteiger partial charge on any atom is 0.0541 e. The molecule has 0 saturated heterocycles. The second-order valence-corrected chi connectivity index (χ2v) is 21.6. The molecule has 14 rings (SSSR count). The van der Waals surface area contributed by atoms with Crippen molar-refractivity contribution in [2.75, 3.05) is 0 Å². The Morgan fingerprint density at radius 1 is 0.306 bits per heavy atom. The van der Waals surface area contributed by atoms with Gasteiger partial charge in [0.25, 0.3) is 0 Å². The first kappa shape index (κ1) is 42.4. The van der Waals surface area contributed by atoms with Crippen molar-refractivity contribution >= 4 is 55.8 Å². The number of nitrogens with zero attached hydrogens (tertiary/aromatic N) is 2. The number of benzene rings is 10. The minimum Gasteiger partial charge on any atom is -0.309 e. The van der Waals surface area contributed by atoms with E-state index in [9.17, 15) is 0 Å². The van der Waals surface area contributed by atoms with Crippen LogP contribution in [0.3, 0.4) is 0 Å². The van der Waals surface area contributed by atoms with Gasteiger partial charge in [0.15, 0.2) is 0 Å². The van der Waals surface area contributed by atoms with Crippen LogP contribution in [-0.2, 0) is 10.8 Å². The molecule has 72 heavy (non-hydrogen) atoms. The summed E-state index contributed by atoms with van der Waals surface area (Å²) < 4.78 is 4.80. The second kappa shape index (κ2) is 15.5. The van der Waals surface area contributed by atoms with E-state index in [0.29, 0.717) is 0 Å². The average Bonchev–Trinajstić information content (AvgIpc) is 4.05. The minimum atomic E-state index is -0.155. The van der Waals surface area contributed by atoms with Crippen LogP contribution in [0, 0.1) is 13.8 Å². The summed E-state index contributed by atoms with van der Waals surface area (Å²) in [5.41, 5.74) is 28.0. The number of aromatic nitrogens is 2. The van der Waals surface area contributed by atoms with Crippen LogP contribution in [0.4, 0.5) is 0 Å². The Hall–Kier alpha value is -8.46. The third-order valence-electron chi connectivity index (χ3n) is 16.4. The molecule has 0 fully saturated rings. The first-order valence-electron chi connectivity index (χ1n) is 25.5. The summed E-state index contributed by atoms with van der Waals surface area (Å²) in [5, 5.41) is 5.10. The summed E-state index contributed by atoms with van der Waals surface area (Å²) in [4.78, 5) is 0. The standard InChI is InChI=1S/C70H54N2/c1-43-34-44(2)36-52(35-43)72-66-19-13-11-17-56(66)60-38-48(29-33-68(60)72)50-28-31-54-58-42-63-57(41-64(58)70(5,6)62(54)40-50)53-30-27-49(39-61(53)69(63,3)4)47-25-22-45(23-26-47)20-21-46-24-32-67-59(37-46)55-16-10-12-18-65(55)71(67)51-14-8-7-9-15-51/h7-42H,1-6H3. The Balaban J connectivity index is 0.751. The van der Waals surface area contributed by atoms with Crippen molar-refractivity contribution in [1.29, 1.82) is 0 Å². The van der Waals surface area contributed by atoms with Gasteiger partial charge in [0.2, 0.25) is 0 Å². The first-order chi connectivity index (χ1) is 35.0. The van der Waals surface area contributed by atoms with E-state index in [-0.39, 0.29) is 10.8 Å². The van der Waals surface area contributed by atoms with E-state index >= 15 is 0 Å². The quantitative estimate of drug-likeness (QED) is 0.147. The van der Waals surface area contributed by atoms with Gasteiger partial charge in [-0.1, -0.05) is 161 Å². The van der Waals surface area contributed by atoms with Gasteiger partial charge in [-0.15, -0.1) is 0 Å². The lowest BCUT2D eigenvalue weighted by Crippen LogP contribution is -2.17. The van der Waals surface area contributed by atoms with Gasteiger partial charge in [-0.25, -0.2) is 0 Å². The molecule has 0 unspecified atom stereocenters. The zero-order chi connectivity index (χ0) is 48.6. The van der Waals surface area contributed by atoms with Crippen molar-refractivity contribution < 1.29 is 0 Å². The van der Waals surface area contributed by atoms with Crippen molar-refractivity contribution in [2.45, 2.75) is 52.4 Å². The van der Waals surface area contributed by atoms with E-state index in [2.05, 4.69) is 269 Å². The smallest absolute Gasteiger partial charge is 0.0541 e. The molecule has 2 aliphatic carbocycles. The van der Waals surface area contributed by atoms with Crippen LogP contribution in [0.25, 0.3) is 112 Å². The fraction of sp³-hybridized carbons (Fsp3) is 0.114. The molecule has 0 atom stereocenters. The van der Waals surface area contributed by atoms with Crippen LogP contribution < -0.4 is 0 Å². The van der Waals surface area contributed by atoms with E-state index < -0.39 is 0 Å². The Labute approximate surface area is 421 Å². The van der Waals surface area contributed by atoms with Crippen LogP contribution in [0.2, 0.25) is 0 Å². The lowest BCUT2D eigenvalue weighted by Gasteiger charge is -2.24. The molecule has 0 N–H and O–H groups in total. The molecule has 2 aromatic heterocycles. The Morgan fingerprint density at radius 2 is 0.736 bits per heavy atom. The molecule has 10 aromatic carbocycles. The number of aryl methyl sites for hydroxylation is 2. The van der Waals surface area contributed by atoms with Gasteiger partial charge >= 0.3 is 0 Å². The van der Waals surface area contributed by atoms with E-state index in [4.69, 9.17) is 0 Å². The Morgan fingerprint density at radius 3 is 1.35 bits per heavy atom. The molecule has 12 aromatic rings. The van der Waals surface area contributed by atoms with Crippen molar-refractivity contribution in [1.82, 2.24) is 9.13 Å². The molecule has 0 aliphatic heterocycles. The van der Waals surface area contributed by atoms with Gasteiger partial charge in [-0.2, -0.15) is 0 Å². The summed E-state index contributed by atoms with van der Waals surface area (Å²) >= 11 is 0. The predicted octanol–water partition coefficient (Wildman–Crippen LogP) is 18.6. The van der Waals surface area contributed by atoms with Gasteiger partial charge in [-0.05, 0) is 188 Å². The van der Waals surface area contributed by atoms with Crippen LogP contribution in [0.15, 0.2) is 206 Å². The highest BCUT2D eigenvalue weighted by molar-refractivity contribution is 6.11. The third-order valence-corrected chi connectivity index (χ3v) is 16.4. The van der Waals surface area contributed by atoms with Gasteiger partial charge in [0.1, 0.15) is 0 Å². The maximum absolute atomic E-state index is 2.53. The molecule has 2 heterocycles. The molecule has 0 bridgehead atoms.